The second-order valence-corrected chi connectivity index (χ2v) is 5.59. The van der Waals surface area contributed by atoms with Crippen molar-refractivity contribution >= 4 is 38.6 Å². The minimum atomic E-state index is -0.484. The van der Waals surface area contributed by atoms with Gasteiger partial charge < -0.3 is 0 Å². The van der Waals surface area contributed by atoms with Crippen LogP contribution in [-0.4, -0.2) is 9.55 Å². The second kappa shape index (κ2) is 5.47. The van der Waals surface area contributed by atoms with E-state index in [1.807, 2.05) is 24.3 Å². The molecule has 2 aromatic carbocycles. The van der Waals surface area contributed by atoms with Crippen LogP contribution in [0, 0.1) is 17.1 Å². The molecule has 0 atom stereocenters. The van der Waals surface area contributed by atoms with Gasteiger partial charge in [0.2, 0.25) is 0 Å². The fraction of sp³-hybridized carbons (Fsp3) is 0.0667. The maximum atomic E-state index is 14.3. The lowest BCUT2D eigenvalue weighted by atomic mass is 10.2. The molecule has 3 aromatic rings. The van der Waals surface area contributed by atoms with Crippen molar-refractivity contribution in [2.75, 3.05) is 0 Å². The van der Waals surface area contributed by atoms with E-state index in [0.717, 1.165) is 15.5 Å². The zero-order valence-corrected chi connectivity index (χ0v) is 13.0. The first-order chi connectivity index (χ1) is 10.1. The molecule has 1 heterocycles. The molecule has 0 saturated heterocycles. The molecule has 0 unspecified atom stereocenters. The normalized spacial score (nSPS) is 10.8. The molecule has 1 aromatic heterocycles. The van der Waals surface area contributed by atoms with Crippen LogP contribution in [0.5, 0.6) is 0 Å². The highest BCUT2D eigenvalue weighted by molar-refractivity contribution is 9.10. The van der Waals surface area contributed by atoms with E-state index >= 15 is 0 Å². The number of rotatable bonds is 2. The Hall–Kier alpha value is -1.90. The Morgan fingerprint density at radius 2 is 2.10 bits per heavy atom. The van der Waals surface area contributed by atoms with Crippen molar-refractivity contribution in [2.24, 2.45) is 0 Å². The predicted molar refractivity (Wildman–Crippen MR) is 83.0 cm³/mol. The Kier molecular flexibility index (Phi) is 3.66. The summed E-state index contributed by atoms with van der Waals surface area (Å²) in [6.07, 6.45) is 0. The maximum Gasteiger partial charge on any atom is 0.148 e. The first-order valence-corrected chi connectivity index (χ1v) is 7.39. The summed E-state index contributed by atoms with van der Waals surface area (Å²) in [6.45, 7) is 0. The van der Waals surface area contributed by atoms with Crippen LogP contribution in [0.2, 0.25) is 0 Å². The van der Waals surface area contributed by atoms with Gasteiger partial charge in [0.15, 0.2) is 0 Å². The van der Waals surface area contributed by atoms with Gasteiger partial charge >= 0.3 is 0 Å². The minimum Gasteiger partial charge on any atom is -0.292 e. The molecular formula is C15H8BrClFN3. The Morgan fingerprint density at radius 3 is 2.76 bits per heavy atom. The SMILES string of the molecule is N#Cc1ccc(-n2c(CCl)nc3cc(Br)ccc32)c(F)c1. The molecule has 0 radical (unpaired) electrons. The highest BCUT2D eigenvalue weighted by Crippen LogP contribution is 2.27. The van der Waals surface area contributed by atoms with Crippen molar-refractivity contribution in [3.63, 3.8) is 0 Å². The number of fused-ring (bicyclic) bond motifs is 1. The number of aromatic nitrogens is 2. The molecule has 104 valence electrons. The third kappa shape index (κ3) is 2.41. The Labute approximate surface area is 133 Å². The van der Waals surface area contributed by atoms with E-state index in [-0.39, 0.29) is 11.4 Å². The number of benzene rings is 2. The van der Waals surface area contributed by atoms with Gasteiger partial charge in [-0.1, -0.05) is 15.9 Å². The summed E-state index contributed by atoms with van der Waals surface area (Å²) in [4.78, 5) is 4.42. The molecule has 0 spiro atoms. The molecule has 0 saturated carbocycles. The summed E-state index contributed by atoms with van der Waals surface area (Å²) in [5.74, 6) is 0.224. The van der Waals surface area contributed by atoms with E-state index in [4.69, 9.17) is 16.9 Å². The van der Waals surface area contributed by atoms with Crippen molar-refractivity contribution in [1.82, 2.24) is 9.55 Å². The average Bonchev–Trinajstić information content (AvgIpc) is 2.84. The zero-order chi connectivity index (χ0) is 15.0. The van der Waals surface area contributed by atoms with Crippen LogP contribution in [0.15, 0.2) is 40.9 Å². The molecule has 3 rings (SSSR count). The van der Waals surface area contributed by atoms with Gasteiger partial charge in [-0.3, -0.25) is 4.57 Å². The van der Waals surface area contributed by atoms with Crippen LogP contribution in [0.4, 0.5) is 4.39 Å². The van der Waals surface area contributed by atoms with Gasteiger partial charge in [-0.15, -0.1) is 11.6 Å². The average molecular weight is 365 g/mol. The molecule has 6 heteroatoms. The highest BCUT2D eigenvalue weighted by Gasteiger charge is 2.15. The quantitative estimate of drug-likeness (QED) is 0.627. The largest absolute Gasteiger partial charge is 0.292 e. The van der Waals surface area contributed by atoms with Crippen LogP contribution >= 0.6 is 27.5 Å². The lowest BCUT2D eigenvalue weighted by Crippen LogP contribution is -2.02. The molecule has 0 aliphatic carbocycles. The monoisotopic (exact) mass is 363 g/mol. The van der Waals surface area contributed by atoms with Crippen LogP contribution in [0.1, 0.15) is 11.4 Å². The number of halogens is 3. The van der Waals surface area contributed by atoms with Gasteiger partial charge in [0, 0.05) is 4.47 Å². The number of nitrogens with zero attached hydrogens (tertiary/aromatic N) is 3. The van der Waals surface area contributed by atoms with Crippen molar-refractivity contribution in [3.8, 4) is 11.8 Å². The van der Waals surface area contributed by atoms with Gasteiger partial charge in [-0.2, -0.15) is 5.26 Å². The maximum absolute atomic E-state index is 14.3. The molecule has 0 aliphatic rings. The van der Waals surface area contributed by atoms with Gasteiger partial charge in [-0.05, 0) is 36.4 Å². The zero-order valence-electron chi connectivity index (χ0n) is 10.6. The van der Waals surface area contributed by atoms with Crippen LogP contribution in [0.25, 0.3) is 16.7 Å². The smallest absolute Gasteiger partial charge is 0.148 e. The van der Waals surface area contributed by atoms with Crippen LogP contribution < -0.4 is 0 Å². The molecule has 0 fully saturated rings. The minimum absolute atomic E-state index is 0.158. The van der Waals surface area contributed by atoms with Crippen LogP contribution in [0.3, 0.4) is 0 Å². The first-order valence-electron chi connectivity index (χ1n) is 6.07. The number of nitriles is 1. The van der Waals surface area contributed by atoms with E-state index in [1.165, 1.54) is 6.07 Å². The van der Waals surface area contributed by atoms with E-state index in [9.17, 15) is 4.39 Å². The molecular weight excluding hydrogens is 357 g/mol. The summed E-state index contributed by atoms with van der Waals surface area (Å²) < 4.78 is 16.8. The van der Waals surface area contributed by atoms with Crippen molar-refractivity contribution in [1.29, 1.82) is 5.26 Å². The summed E-state index contributed by atoms with van der Waals surface area (Å²) >= 11 is 9.32. The summed E-state index contributed by atoms with van der Waals surface area (Å²) in [7, 11) is 0. The third-order valence-corrected chi connectivity index (χ3v) is 3.86. The molecule has 3 nitrogen and oxygen atoms in total. The van der Waals surface area contributed by atoms with Crippen molar-refractivity contribution in [3.05, 3.63) is 58.1 Å². The van der Waals surface area contributed by atoms with Crippen LogP contribution in [-0.2, 0) is 5.88 Å². The number of alkyl halides is 1. The van der Waals surface area contributed by atoms with E-state index in [1.54, 1.807) is 16.7 Å². The summed E-state index contributed by atoms with van der Waals surface area (Å²) in [6, 6.07) is 11.8. The number of hydrogen-bond donors (Lipinski definition) is 0. The van der Waals surface area contributed by atoms with Crippen molar-refractivity contribution < 1.29 is 4.39 Å². The Morgan fingerprint density at radius 1 is 1.29 bits per heavy atom. The molecule has 0 amide bonds. The van der Waals surface area contributed by atoms with E-state index in [2.05, 4.69) is 20.9 Å². The molecule has 21 heavy (non-hydrogen) atoms. The lowest BCUT2D eigenvalue weighted by Gasteiger charge is -2.09. The van der Waals surface area contributed by atoms with Gasteiger partial charge in [0.25, 0.3) is 0 Å². The van der Waals surface area contributed by atoms with Gasteiger partial charge in [0.05, 0.1) is 34.2 Å². The van der Waals surface area contributed by atoms with E-state index < -0.39 is 5.82 Å². The molecule has 0 bridgehead atoms. The number of hydrogen-bond acceptors (Lipinski definition) is 2. The second-order valence-electron chi connectivity index (χ2n) is 4.41. The predicted octanol–water partition coefficient (Wildman–Crippen LogP) is 4.54. The Bertz CT molecular complexity index is 882. The van der Waals surface area contributed by atoms with Gasteiger partial charge in [-0.25, -0.2) is 9.37 Å². The molecule has 0 aliphatic heterocycles. The first kappa shape index (κ1) is 14.1. The van der Waals surface area contributed by atoms with Gasteiger partial charge in [0.1, 0.15) is 11.6 Å². The highest BCUT2D eigenvalue weighted by atomic mass is 79.9. The Balaban J connectivity index is 2.31. The topological polar surface area (TPSA) is 41.6 Å². The van der Waals surface area contributed by atoms with Crippen molar-refractivity contribution in [2.45, 2.75) is 5.88 Å². The van der Waals surface area contributed by atoms with E-state index in [0.29, 0.717) is 11.5 Å². The fourth-order valence-electron chi connectivity index (χ4n) is 2.22. The summed E-state index contributed by atoms with van der Waals surface area (Å²) in [5.41, 5.74) is 2.09. The third-order valence-electron chi connectivity index (χ3n) is 3.12. The molecule has 0 N–H and O–H groups in total. The fourth-order valence-corrected chi connectivity index (χ4v) is 2.75. The standard InChI is InChI=1S/C15H8BrClFN3/c16-10-2-4-14-12(6-10)20-15(7-17)21(14)13-3-1-9(8-19)5-11(13)18/h1-6H,7H2. The lowest BCUT2D eigenvalue weighted by molar-refractivity contribution is 0.617. The summed E-state index contributed by atoms with van der Waals surface area (Å²) in [5, 5.41) is 8.82. The number of imidazole rings is 1.